The number of amides is 1. The number of unbranched alkanes of at least 4 members (excludes halogenated alkanes) is 1. The summed E-state index contributed by atoms with van der Waals surface area (Å²) in [6.45, 7) is 6.66. The Bertz CT molecular complexity index is 1420. The Morgan fingerprint density at radius 2 is 1.83 bits per heavy atom. The standard InChI is InChI=1S/C31H35N3O7/c1-3-5-15-39-23-9-7-21(18-25(23)38-4-2)28-27(29(35)22-8-10-24-26(19-22)41-17-16-40-24)30(36)31(37)34(28)13-6-12-33-14-11-32-20-33/h7-11,14,18-20,28,35H,3-6,12-13,15-17H2,1-2H3/b29-27+/t28-/m0/s1. The van der Waals surface area contributed by atoms with Crippen LogP contribution < -0.4 is 18.9 Å². The molecule has 1 saturated heterocycles. The van der Waals surface area contributed by atoms with E-state index in [1.54, 1.807) is 42.9 Å². The lowest BCUT2D eigenvalue weighted by molar-refractivity contribution is -0.139. The van der Waals surface area contributed by atoms with E-state index in [0.29, 0.717) is 80.1 Å². The van der Waals surface area contributed by atoms with Crippen LogP contribution in [0.3, 0.4) is 0 Å². The second-order valence-corrected chi connectivity index (χ2v) is 9.85. The minimum atomic E-state index is -0.824. The summed E-state index contributed by atoms with van der Waals surface area (Å²) in [5.74, 6) is 0.455. The van der Waals surface area contributed by atoms with Crippen LogP contribution in [0.2, 0.25) is 0 Å². The van der Waals surface area contributed by atoms with Gasteiger partial charge in [0, 0.05) is 31.0 Å². The quantitative estimate of drug-likeness (QED) is 0.146. The topological polar surface area (TPSA) is 112 Å². The summed E-state index contributed by atoms with van der Waals surface area (Å²) in [5.41, 5.74) is 1.01. The smallest absolute Gasteiger partial charge is 0.295 e. The first kappa shape index (κ1) is 28.1. The molecular weight excluding hydrogens is 526 g/mol. The SMILES string of the molecule is CCCCOc1ccc([C@H]2/C(=C(\O)c3ccc4c(c3)OCCO4)C(=O)C(=O)N2CCCn2ccnc2)cc1OCC. The minimum absolute atomic E-state index is 0.0106. The molecule has 3 heterocycles. The summed E-state index contributed by atoms with van der Waals surface area (Å²) < 4.78 is 25.0. The number of aliphatic hydroxyl groups excluding tert-OH is 1. The number of hydrogen-bond acceptors (Lipinski definition) is 8. The number of nitrogens with zero attached hydrogens (tertiary/aromatic N) is 3. The molecule has 0 spiro atoms. The average molecular weight is 562 g/mol. The molecule has 10 nitrogen and oxygen atoms in total. The molecule has 1 fully saturated rings. The molecule has 0 aliphatic carbocycles. The fraction of sp³-hybridized carbons (Fsp3) is 0.387. The number of fused-ring (bicyclic) bond motifs is 1. The third kappa shape index (κ3) is 6.01. The van der Waals surface area contributed by atoms with Crippen LogP contribution in [-0.4, -0.2) is 64.2 Å². The van der Waals surface area contributed by atoms with Gasteiger partial charge in [0.05, 0.1) is 31.2 Å². The molecule has 1 aromatic heterocycles. The highest BCUT2D eigenvalue weighted by atomic mass is 16.6. The predicted octanol–water partition coefficient (Wildman–Crippen LogP) is 4.74. The summed E-state index contributed by atoms with van der Waals surface area (Å²) >= 11 is 0. The molecule has 0 saturated carbocycles. The average Bonchev–Trinajstić information content (AvgIpc) is 3.60. The Hall–Kier alpha value is -4.47. The number of ether oxygens (including phenoxy) is 4. The van der Waals surface area contributed by atoms with E-state index < -0.39 is 17.7 Å². The van der Waals surface area contributed by atoms with Gasteiger partial charge in [-0.15, -0.1) is 0 Å². The van der Waals surface area contributed by atoms with E-state index >= 15 is 0 Å². The van der Waals surface area contributed by atoms with Crippen molar-refractivity contribution < 1.29 is 33.6 Å². The van der Waals surface area contributed by atoms with Gasteiger partial charge in [-0.25, -0.2) is 4.98 Å². The van der Waals surface area contributed by atoms with Gasteiger partial charge < -0.3 is 33.5 Å². The van der Waals surface area contributed by atoms with Gasteiger partial charge in [0.2, 0.25) is 0 Å². The highest BCUT2D eigenvalue weighted by Crippen LogP contribution is 2.43. The Morgan fingerprint density at radius 3 is 2.59 bits per heavy atom. The van der Waals surface area contributed by atoms with E-state index in [2.05, 4.69) is 11.9 Å². The maximum Gasteiger partial charge on any atom is 0.295 e. The van der Waals surface area contributed by atoms with Crippen molar-refractivity contribution >= 4 is 17.4 Å². The summed E-state index contributed by atoms with van der Waals surface area (Å²) in [5, 5.41) is 11.5. The zero-order valence-corrected chi connectivity index (χ0v) is 23.4. The molecule has 2 aliphatic rings. The van der Waals surface area contributed by atoms with Gasteiger partial charge in [0.15, 0.2) is 23.0 Å². The van der Waals surface area contributed by atoms with Crippen LogP contribution in [0.15, 0.2) is 60.7 Å². The Kier molecular flexibility index (Phi) is 8.76. The Balaban J connectivity index is 1.55. The highest BCUT2D eigenvalue weighted by molar-refractivity contribution is 6.46. The number of rotatable bonds is 12. The van der Waals surface area contributed by atoms with Crippen LogP contribution in [-0.2, 0) is 16.1 Å². The molecule has 2 aromatic carbocycles. The number of aliphatic hydroxyl groups is 1. The lowest BCUT2D eigenvalue weighted by atomic mass is 9.94. The van der Waals surface area contributed by atoms with Gasteiger partial charge in [-0.05, 0) is 55.7 Å². The molecule has 0 radical (unpaired) electrons. The number of likely N-dealkylation sites (tertiary alicyclic amines) is 1. The maximum absolute atomic E-state index is 13.5. The van der Waals surface area contributed by atoms with Crippen LogP contribution in [0.5, 0.6) is 23.0 Å². The maximum atomic E-state index is 13.5. The number of imidazole rings is 1. The normalized spacial score (nSPS) is 17.6. The summed E-state index contributed by atoms with van der Waals surface area (Å²) in [4.78, 5) is 32.5. The van der Waals surface area contributed by atoms with Crippen LogP contribution in [0.4, 0.5) is 0 Å². The van der Waals surface area contributed by atoms with Crippen molar-refractivity contribution in [3.63, 3.8) is 0 Å². The van der Waals surface area contributed by atoms with E-state index in [1.165, 1.54) is 4.90 Å². The van der Waals surface area contributed by atoms with Crippen molar-refractivity contribution in [2.75, 3.05) is 33.0 Å². The lowest BCUT2D eigenvalue weighted by Crippen LogP contribution is -2.31. The van der Waals surface area contributed by atoms with Gasteiger partial charge in [-0.3, -0.25) is 9.59 Å². The van der Waals surface area contributed by atoms with Crippen molar-refractivity contribution in [1.29, 1.82) is 0 Å². The third-order valence-corrected chi connectivity index (χ3v) is 7.07. The van der Waals surface area contributed by atoms with Crippen LogP contribution in [0.1, 0.15) is 50.3 Å². The second kappa shape index (κ2) is 12.8. The number of aromatic nitrogens is 2. The van der Waals surface area contributed by atoms with Crippen LogP contribution >= 0.6 is 0 Å². The number of Topliss-reactive ketones (excluding diaryl/α,β-unsaturated/α-hetero) is 1. The molecule has 0 bridgehead atoms. The van der Waals surface area contributed by atoms with Gasteiger partial charge >= 0.3 is 0 Å². The molecule has 1 atom stereocenters. The Labute approximate surface area is 239 Å². The Morgan fingerprint density at radius 1 is 1.00 bits per heavy atom. The number of hydrogen-bond donors (Lipinski definition) is 1. The van der Waals surface area contributed by atoms with Crippen molar-refractivity contribution in [3.05, 3.63) is 71.8 Å². The van der Waals surface area contributed by atoms with Gasteiger partial charge in [0.1, 0.15) is 19.0 Å². The second-order valence-electron chi connectivity index (χ2n) is 9.85. The summed E-state index contributed by atoms with van der Waals surface area (Å²) in [6.07, 6.45) is 7.73. The fourth-order valence-corrected chi connectivity index (χ4v) is 5.05. The number of aryl methyl sites for hydroxylation is 1. The fourth-order valence-electron chi connectivity index (χ4n) is 5.05. The van der Waals surface area contributed by atoms with E-state index in [1.807, 2.05) is 23.8 Å². The van der Waals surface area contributed by atoms with E-state index in [0.717, 1.165) is 12.8 Å². The van der Waals surface area contributed by atoms with Gasteiger partial charge in [-0.1, -0.05) is 19.4 Å². The number of ketones is 1. The van der Waals surface area contributed by atoms with Crippen molar-refractivity contribution in [2.45, 2.75) is 45.7 Å². The zero-order valence-electron chi connectivity index (χ0n) is 23.4. The predicted molar refractivity (Wildman–Crippen MR) is 151 cm³/mol. The third-order valence-electron chi connectivity index (χ3n) is 7.07. The van der Waals surface area contributed by atoms with E-state index in [9.17, 15) is 14.7 Å². The van der Waals surface area contributed by atoms with Crippen LogP contribution in [0.25, 0.3) is 5.76 Å². The van der Waals surface area contributed by atoms with Gasteiger partial charge in [0.25, 0.3) is 11.7 Å². The highest BCUT2D eigenvalue weighted by Gasteiger charge is 2.46. The number of carbonyl (C=O) groups excluding carboxylic acids is 2. The van der Waals surface area contributed by atoms with Crippen LogP contribution in [0, 0.1) is 0 Å². The monoisotopic (exact) mass is 561 g/mol. The zero-order chi connectivity index (χ0) is 28.8. The number of benzene rings is 2. The van der Waals surface area contributed by atoms with Gasteiger partial charge in [-0.2, -0.15) is 0 Å². The summed E-state index contributed by atoms with van der Waals surface area (Å²) in [6, 6.07) is 9.56. The van der Waals surface area contributed by atoms with Crippen molar-refractivity contribution in [1.82, 2.24) is 14.5 Å². The molecule has 2 aliphatic heterocycles. The first-order valence-electron chi connectivity index (χ1n) is 14.1. The molecule has 5 rings (SSSR count). The first-order valence-corrected chi connectivity index (χ1v) is 14.1. The van der Waals surface area contributed by atoms with Crippen molar-refractivity contribution in [3.8, 4) is 23.0 Å². The molecule has 216 valence electrons. The first-order chi connectivity index (χ1) is 20.0. The minimum Gasteiger partial charge on any atom is -0.507 e. The molecule has 3 aromatic rings. The molecule has 0 unspecified atom stereocenters. The molecule has 1 N–H and O–H groups in total. The molecular formula is C31H35N3O7. The molecule has 1 amide bonds. The van der Waals surface area contributed by atoms with Crippen molar-refractivity contribution in [2.24, 2.45) is 0 Å². The summed E-state index contributed by atoms with van der Waals surface area (Å²) in [7, 11) is 0. The largest absolute Gasteiger partial charge is 0.507 e. The van der Waals surface area contributed by atoms with E-state index in [4.69, 9.17) is 18.9 Å². The van der Waals surface area contributed by atoms with E-state index in [-0.39, 0.29) is 11.3 Å². The number of carbonyl (C=O) groups is 2. The lowest BCUT2D eigenvalue weighted by Gasteiger charge is -2.26. The molecule has 41 heavy (non-hydrogen) atoms. The molecule has 10 heteroatoms.